The molecule has 0 radical (unpaired) electrons. The highest BCUT2D eigenvalue weighted by molar-refractivity contribution is 5.95. The van der Waals surface area contributed by atoms with E-state index in [2.05, 4.69) is 6.07 Å². The first-order valence-electron chi connectivity index (χ1n) is 12.6. The molecular weight excluding hydrogens is 450 g/mol. The van der Waals surface area contributed by atoms with Crippen molar-refractivity contribution in [1.29, 1.82) is 0 Å². The zero-order chi connectivity index (χ0) is 25.0. The van der Waals surface area contributed by atoms with Crippen LogP contribution in [0.25, 0.3) is 0 Å². The molecule has 2 heterocycles. The first-order chi connectivity index (χ1) is 16.8. The lowest BCUT2D eigenvalue weighted by atomic mass is 9.72. The van der Waals surface area contributed by atoms with E-state index in [0.717, 1.165) is 43.6 Å². The van der Waals surface area contributed by atoms with E-state index in [1.165, 1.54) is 16.5 Å². The number of piperidine rings is 1. The molecule has 2 aliphatic heterocycles. The van der Waals surface area contributed by atoms with Crippen molar-refractivity contribution in [3.8, 4) is 5.75 Å². The summed E-state index contributed by atoms with van der Waals surface area (Å²) in [7, 11) is 0. The smallest absolute Gasteiger partial charge is 0.259 e. The summed E-state index contributed by atoms with van der Waals surface area (Å²) in [4.78, 5) is 30.2. The largest absolute Gasteiger partial charge is 0.491 e. The maximum Gasteiger partial charge on any atom is 0.259 e. The van der Waals surface area contributed by atoms with Crippen molar-refractivity contribution in [3.05, 3.63) is 65.2 Å². The SMILES string of the molecule is CC(C)N1CCOc2ccccc2CCCCC2(CCN(C(=O)c3c(F)cccc3F)CC2)C1=O. The molecule has 0 saturated carbocycles. The number of carbonyl (C=O) groups excluding carboxylic acids is 2. The number of amides is 2. The summed E-state index contributed by atoms with van der Waals surface area (Å²) in [6, 6.07) is 11.5. The quantitative estimate of drug-likeness (QED) is 0.587. The van der Waals surface area contributed by atoms with Crippen LogP contribution in [0.2, 0.25) is 0 Å². The van der Waals surface area contributed by atoms with Crippen LogP contribution in [0.4, 0.5) is 8.78 Å². The molecule has 1 spiro atoms. The lowest BCUT2D eigenvalue weighted by Crippen LogP contribution is -2.53. The Morgan fingerprint density at radius 1 is 0.943 bits per heavy atom. The second-order valence-electron chi connectivity index (χ2n) is 9.92. The minimum absolute atomic E-state index is 0.00771. The number of halogens is 2. The lowest BCUT2D eigenvalue weighted by molar-refractivity contribution is -0.148. The third-order valence-electron chi connectivity index (χ3n) is 7.44. The number of hydrogen-bond acceptors (Lipinski definition) is 3. The van der Waals surface area contributed by atoms with Crippen LogP contribution in [-0.4, -0.2) is 53.9 Å². The first-order valence-corrected chi connectivity index (χ1v) is 12.6. The summed E-state index contributed by atoms with van der Waals surface area (Å²) in [5.74, 6) is -1.39. The van der Waals surface area contributed by atoms with Crippen molar-refractivity contribution in [1.82, 2.24) is 9.80 Å². The van der Waals surface area contributed by atoms with Gasteiger partial charge in [-0.15, -0.1) is 0 Å². The maximum atomic E-state index is 14.2. The van der Waals surface area contributed by atoms with Crippen LogP contribution < -0.4 is 4.74 Å². The Labute approximate surface area is 206 Å². The van der Waals surface area contributed by atoms with Crippen LogP contribution in [0.15, 0.2) is 42.5 Å². The average molecular weight is 485 g/mol. The van der Waals surface area contributed by atoms with E-state index in [0.29, 0.717) is 39.1 Å². The zero-order valence-corrected chi connectivity index (χ0v) is 20.6. The van der Waals surface area contributed by atoms with Crippen molar-refractivity contribution in [2.24, 2.45) is 5.41 Å². The molecule has 0 atom stereocenters. The van der Waals surface area contributed by atoms with E-state index in [-0.39, 0.29) is 11.9 Å². The normalized spacial score (nSPS) is 19.1. The van der Waals surface area contributed by atoms with E-state index >= 15 is 0 Å². The van der Waals surface area contributed by atoms with Gasteiger partial charge in [-0.05, 0) is 69.7 Å². The summed E-state index contributed by atoms with van der Waals surface area (Å²) in [5.41, 5.74) is 0.0676. The standard InChI is InChI=1S/C28H34F2N2O3/c1-20(2)32-18-19-35-24-12-4-3-8-21(24)9-5-6-13-28(27(32)34)14-16-31(17-15-28)26(33)25-22(29)10-7-11-23(25)30/h3-4,7-8,10-12,20H,5-6,9,13-19H2,1-2H3. The van der Waals surface area contributed by atoms with Gasteiger partial charge in [-0.3, -0.25) is 9.59 Å². The second-order valence-corrected chi connectivity index (χ2v) is 9.92. The summed E-state index contributed by atoms with van der Waals surface area (Å²) in [6.45, 7) is 5.49. The predicted octanol–water partition coefficient (Wildman–Crippen LogP) is 5.23. The number of para-hydroxylation sites is 1. The molecule has 1 fully saturated rings. The Morgan fingerprint density at radius 3 is 2.31 bits per heavy atom. The zero-order valence-electron chi connectivity index (χ0n) is 20.6. The van der Waals surface area contributed by atoms with E-state index in [9.17, 15) is 18.4 Å². The number of fused-ring (bicyclic) bond motifs is 1. The Kier molecular flexibility index (Phi) is 7.72. The monoisotopic (exact) mass is 484 g/mol. The highest BCUT2D eigenvalue weighted by Gasteiger charge is 2.44. The minimum Gasteiger partial charge on any atom is -0.491 e. The number of rotatable bonds is 2. The molecule has 0 aliphatic carbocycles. The van der Waals surface area contributed by atoms with Gasteiger partial charge < -0.3 is 14.5 Å². The highest BCUT2D eigenvalue weighted by atomic mass is 19.1. The van der Waals surface area contributed by atoms with Gasteiger partial charge >= 0.3 is 0 Å². The van der Waals surface area contributed by atoms with Gasteiger partial charge in [0.25, 0.3) is 5.91 Å². The van der Waals surface area contributed by atoms with Crippen LogP contribution in [0, 0.1) is 17.0 Å². The van der Waals surface area contributed by atoms with Crippen LogP contribution >= 0.6 is 0 Å². The van der Waals surface area contributed by atoms with E-state index in [4.69, 9.17) is 4.74 Å². The Hall–Kier alpha value is -2.96. The molecule has 0 aromatic heterocycles. The van der Waals surface area contributed by atoms with Crippen LogP contribution in [0.1, 0.15) is 61.9 Å². The van der Waals surface area contributed by atoms with Crippen LogP contribution in [-0.2, 0) is 11.2 Å². The Balaban J connectivity index is 1.53. The lowest BCUT2D eigenvalue weighted by Gasteiger charge is -2.44. The molecule has 0 bridgehead atoms. The summed E-state index contributed by atoms with van der Waals surface area (Å²) >= 11 is 0. The minimum atomic E-state index is -0.858. The fraction of sp³-hybridized carbons (Fsp3) is 0.500. The van der Waals surface area contributed by atoms with Gasteiger partial charge in [0.15, 0.2) is 0 Å². The van der Waals surface area contributed by atoms with Crippen molar-refractivity contribution in [2.75, 3.05) is 26.2 Å². The summed E-state index contributed by atoms with van der Waals surface area (Å²) < 4.78 is 34.5. The number of carbonyl (C=O) groups is 2. The fourth-order valence-corrected chi connectivity index (χ4v) is 5.35. The topological polar surface area (TPSA) is 49.9 Å². The van der Waals surface area contributed by atoms with Gasteiger partial charge in [0.1, 0.15) is 29.6 Å². The first kappa shape index (κ1) is 25.1. The molecule has 35 heavy (non-hydrogen) atoms. The van der Waals surface area contributed by atoms with Crippen molar-refractivity contribution < 1.29 is 23.1 Å². The molecule has 4 rings (SSSR count). The third-order valence-corrected chi connectivity index (χ3v) is 7.44. The predicted molar refractivity (Wildman–Crippen MR) is 130 cm³/mol. The number of aryl methyl sites for hydroxylation is 1. The van der Waals surface area contributed by atoms with Gasteiger partial charge in [-0.1, -0.05) is 30.7 Å². The molecule has 7 heteroatoms. The van der Waals surface area contributed by atoms with E-state index < -0.39 is 28.5 Å². The van der Waals surface area contributed by atoms with E-state index in [1.807, 2.05) is 36.9 Å². The molecule has 2 aromatic carbocycles. The molecule has 1 saturated heterocycles. The molecule has 5 nitrogen and oxygen atoms in total. The number of nitrogens with zero attached hydrogens (tertiary/aromatic N) is 2. The Morgan fingerprint density at radius 2 is 1.63 bits per heavy atom. The molecule has 2 amide bonds. The van der Waals surface area contributed by atoms with Crippen LogP contribution in [0.3, 0.4) is 0 Å². The molecule has 0 N–H and O–H groups in total. The average Bonchev–Trinajstić information content (AvgIpc) is 2.84. The third kappa shape index (κ3) is 5.34. The van der Waals surface area contributed by atoms with Crippen molar-refractivity contribution in [2.45, 2.75) is 58.4 Å². The molecule has 2 aromatic rings. The summed E-state index contributed by atoms with van der Waals surface area (Å²) in [5, 5.41) is 0. The number of benzene rings is 2. The van der Waals surface area contributed by atoms with Gasteiger partial charge in [0.05, 0.1) is 12.0 Å². The molecule has 0 unspecified atom stereocenters. The van der Waals surface area contributed by atoms with Crippen molar-refractivity contribution >= 4 is 11.8 Å². The van der Waals surface area contributed by atoms with Gasteiger partial charge in [-0.2, -0.15) is 0 Å². The van der Waals surface area contributed by atoms with Crippen LogP contribution in [0.5, 0.6) is 5.75 Å². The van der Waals surface area contributed by atoms with Gasteiger partial charge in [-0.25, -0.2) is 8.78 Å². The van der Waals surface area contributed by atoms with Gasteiger partial charge in [0, 0.05) is 19.1 Å². The van der Waals surface area contributed by atoms with E-state index in [1.54, 1.807) is 0 Å². The molecular formula is C28H34F2N2O3. The molecule has 188 valence electrons. The van der Waals surface area contributed by atoms with Crippen molar-refractivity contribution in [3.63, 3.8) is 0 Å². The number of hydrogen-bond donors (Lipinski definition) is 0. The fourth-order valence-electron chi connectivity index (χ4n) is 5.35. The van der Waals surface area contributed by atoms with Gasteiger partial charge in [0.2, 0.25) is 5.91 Å². The molecule has 2 aliphatic rings. The number of ether oxygens (including phenoxy) is 1. The second kappa shape index (κ2) is 10.8. The Bertz CT molecular complexity index is 1040. The number of likely N-dealkylation sites (tertiary alicyclic amines) is 1. The maximum absolute atomic E-state index is 14.2. The summed E-state index contributed by atoms with van der Waals surface area (Å²) in [6.07, 6.45) is 4.38. The highest BCUT2D eigenvalue weighted by Crippen LogP contribution is 2.40.